The molecule has 0 aromatic heterocycles. The summed E-state index contributed by atoms with van der Waals surface area (Å²) in [7, 11) is 0. The number of ether oxygens (including phenoxy) is 4. The van der Waals surface area contributed by atoms with Crippen LogP contribution in [0, 0.1) is 17.4 Å². The van der Waals surface area contributed by atoms with Crippen LogP contribution in [0.1, 0.15) is 36.5 Å². The van der Waals surface area contributed by atoms with Gasteiger partial charge in [0.1, 0.15) is 46.0 Å². The third kappa shape index (κ3) is 7.00. The molecule has 13 rings (SSSR count). The number of unbranched alkanes of at least 4 members (excludes halogenated alkanes) is 1. The van der Waals surface area contributed by atoms with Crippen molar-refractivity contribution in [2.45, 2.75) is 40.0 Å². The zero-order valence-electron chi connectivity index (χ0n) is 38.5. The second-order valence-corrected chi connectivity index (χ2v) is 19.7. The topological polar surface area (TPSA) is 43.4 Å². The quantitative estimate of drug-likeness (QED) is 0.106. The summed E-state index contributed by atoms with van der Waals surface area (Å²) in [5, 5.41) is 0. The Morgan fingerprint density at radius 2 is 0.899 bits per heavy atom. The van der Waals surface area contributed by atoms with E-state index < -0.39 is 0 Å². The van der Waals surface area contributed by atoms with Gasteiger partial charge in [0, 0.05) is 62.0 Å². The van der Waals surface area contributed by atoms with Crippen molar-refractivity contribution in [2.75, 3.05) is 9.80 Å². The van der Waals surface area contributed by atoms with Crippen LogP contribution in [0.3, 0.4) is 0 Å². The lowest BCUT2D eigenvalue weighted by Crippen LogP contribution is -2.64. The van der Waals surface area contributed by atoms with Crippen molar-refractivity contribution in [3.05, 3.63) is 202 Å². The number of hydrogen-bond donors (Lipinski definition) is 0. The van der Waals surface area contributed by atoms with Gasteiger partial charge in [-0.1, -0.05) is 98.3 Å². The molecular formula is C60H45B2IN2O4. The average molecular weight is 1010 g/mol. The largest absolute Gasteiger partial charge is 0.458 e. The van der Waals surface area contributed by atoms with Crippen molar-refractivity contribution < 1.29 is 18.9 Å². The van der Waals surface area contributed by atoms with Crippen LogP contribution in [0.15, 0.2) is 182 Å². The Hall–Kier alpha value is -7.36. The van der Waals surface area contributed by atoms with E-state index in [1.54, 1.807) is 0 Å². The number of halogens is 1. The molecule has 0 aliphatic carbocycles. The summed E-state index contributed by atoms with van der Waals surface area (Å²) in [6, 6.07) is 64.2. The van der Waals surface area contributed by atoms with E-state index in [0.717, 1.165) is 104 Å². The van der Waals surface area contributed by atoms with Gasteiger partial charge in [0.2, 0.25) is 0 Å². The summed E-state index contributed by atoms with van der Waals surface area (Å²) in [6.45, 7) is 6.32. The number of benzene rings is 9. The molecule has 0 amide bonds. The smallest absolute Gasteiger partial charge is 0.257 e. The third-order valence-electron chi connectivity index (χ3n) is 13.9. The zero-order chi connectivity index (χ0) is 46.3. The third-order valence-corrected chi connectivity index (χ3v) is 14.8. The molecule has 9 aromatic carbocycles. The first kappa shape index (κ1) is 41.8. The summed E-state index contributed by atoms with van der Waals surface area (Å²) in [4.78, 5) is 4.85. The summed E-state index contributed by atoms with van der Waals surface area (Å²) in [6.07, 6.45) is 3.13. The fourth-order valence-corrected chi connectivity index (χ4v) is 12.2. The van der Waals surface area contributed by atoms with Crippen LogP contribution in [-0.2, 0) is 6.42 Å². The molecule has 332 valence electrons. The second-order valence-electron chi connectivity index (χ2n) is 18.5. The van der Waals surface area contributed by atoms with Gasteiger partial charge in [-0.25, -0.2) is 0 Å². The van der Waals surface area contributed by atoms with E-state index in [1.165, 1.54) is 36.5 Å². The van der Waals surface area contributed by atoms with E-state index >= 15 is 0 Å². The van der Waals surface area contributed by atoms with E-state index in [0.29, 0.717) is 11.5 Å². The number of fused-ring (bicyclic) bond motifs is 8. The Kier molecular flexibility index (Phi) is 10.1. The molecule has 4 aliphatic heterocycles. The van der Waals surface area contributed by atoms with E-state index in [-0.39, 0.29) is 13.4 Å². The molecule has 9 heteroatoms. The lowest BCUT2D eigenvalue weighted by molar-refractivity contribution is 0.462. The molecule has 0 unspecified atom stereocenters. The molecule has 0 saturated heterocycles. The van der Waals surface area contributed by atoms with Crippen molar-refractivity contribution in [1.82, 2.24) is 0 Å². The first-order valence-electron chi connectivity index (χ1n) is 23.9. The van der Waals surface area contributed by atoms with Gasteiger partial charge in [0.25, 0.3) is 13.4 Å². The van der Waals surface area contributed by atoms with Crippen molar-refractivity contribution >= 4 is 103 Å². The van der Waals surface area contributed by atoms with Gasteiger partial charge in [0.05, 0.1) is 0 Å². The highest BCUT2D eigenvalue weighted by Gasteiger charge is 2.48. The highest BCUT2D eigenvalue weighted by molar-refractivity contribution is 14.1. The monoisotopic (exact) mass is 1010 g/mol. The molecule has 69 heavy (non-hydrogen) atoms. The Morgan fingerprint density at radius 1 is 0.449 bits per heavy atom. The fraction of sp³-hybridized carbons (Fsp3) is 0.100. The summed E-state index contributed by atoms with van der Waals surface area (Å²) in [5.41, 5.74) is 17.1. The van der Waals surface area contributed by atoms with Crippen LogP contribution >= 0.6 is 22.6 Å². The number of rotatable bonds is 9. The summed E-state index contributed by atoms with van der Waals surface area (Å²) >= 11 is 2.53. The molecule has 0 bridgehead atoms. The maximum absolute atomic E-state index is 7.19. The molecule has 0 radical (unpaired) electrons. The van der Waals surface area contributed by atoms with Crippen molar-refractivity contribution in [1.29, 1.82) is 0 Å². The van der Waals surface area contributed by atoms with E-state index in [1.807, 2.05) is 60.7 Å². The lowest BCUT2D eigenvalue weighted by atomic mass is 9.30. The Balaban J connectivity index is 1.13. The van der Waals surface area contributed by atoms with E-state index in [9.17, 15) is 0 Å². The standard InChI is InChI=1S/C60H45B2IN2O4/c1-4-5-18-39-27-37(2)29-53-57(39)61-46-35-47-50(36-49(46)64(40-19-10-6-11-20-40)51-31-44(33-55(68-53)59(51)61)66-42-23-14-8-15-24-42)65(41-21-12-7-13-22-41)52-32-45(67-43-25-16-9-17-26-43)34-56-60(52)62(47)58-48(63)28-38(3)30-54(58)69-56/h6-17,19-36H,4-5,18H2,1-3H3. The predicted molar refractivity (Wildman–Crippen MR) is 292 cm³/mol. The van der Waals surface area contributed by atoms with Crippen molar-refractivity contribution in [2.24, 2.45) is 0 Å². The number of anilines is 6. The Bertz CT molecular complexity index is 3500. The number of para-hydroxylation sites is 4. The molecule has 0 saturated carbocycles. The average Bonchev–Trinajstić information content (AvgIpc) is 3.35. The van der Waals surface area contributed by atoms with Gasteiger partial charge in [-0.3, -0.25) is 0 Å². The van der Waals surface area contributed by atoms with Crippen LogP contribution in [0.5, 0.6) is 46.0 Å². The molecule has 0 N–H and O–H groups in total. The normalized spacial score (nSPS) is 13.2. The molecule has 0 fully saturated rings. The van der Waals surface area contributed by atoms with Gasteiger partial charge >= 0.3 is 0 Å². The minimum Gasteiger partial charge on any atom is -0.458 e. The SMILES string of the molecule is CCCCc1cc(C)cc2c1B1c3cc4c(cc3N(c3ccccc3)c3cc(Oc5ccccc5)cc(c31)O2)N(c1ccccc1)c1cc(Oc2ccccc2)cc2c1B4c1c(I)cc(C)cc1O2. The van der Waals surface area contributed by atoms with Gasteiger partial charge in [0.15, 0.2) is 0 Å². The molecule has 6 nitrogen and oxygen atoms in total. The number of aryl methyl sites for hydroxylation is 3. The van der Waals surface area contributed by atoms with Gasteiger partial charge in [-0.2, -0.15) is 0 Å². The van der Waals surface area contributed by atoms with Gasteiger partial charge in [-0.15, -0.1) is 0 Å². The maximum Gasteiger partial charge on any atom is 0.257 e. The van der Waals surface area contributed by atoms with Crippen LogP contribution in [0.25, 0.3) is 0 Å². The second kappa shape index (κ2) is 16.7. The first-order valence-corrected chi connectivity index (χ1v) is 25.0. The van der Waals surface area contributed by atoms with Crippen LogP contribution in [0.4, 0.5) is 34.1 Å². The number of nitrogens with zero attached hydrogens (tertiary/aromatic N) is 2. The summed E-state index contributed by atoms with van der Waals surface area (Å²) in [5.74, 6) is 6.31. The summed E-state index contributed by atoms with van der Waals surface area (Å²) < 4.78 is 28.9. The van der Waals surface area contributed by atoms with Gasteiger partial charge < -0.3 is 28.7 Å². The molecule has 0 spiro atoms. The van der Waals surface area contributed by atoms with Gasteiger partial charge in [-0.05, 0) is 172 Å². The van der Waals surface area contributed by atoms with Crippen LogP contribution in [-0.4, -0.2) is 13.4 Å². The Labute approximate surface area is 417 Å². The highest BCUT2D eigenvalue weighted by Crippen LogP contribution is 2.49. The van der Waals surface area contributed by atoms with E-state index in [2.05, 4.69) is 174 Å². The zero-order valence-corrected chi connectivity index (χ0v) is 40.7. The van der Waals surface area contributed by atoms with E-state index in [4.69, 9.17) is 18.9 Å². The molecule has 4 heterocycles. The van der Waals surface area contributed by atoms with Crippen LogP contribution < -0.4 is 61.5 Å². The van der Waals surface area contributed by atoms with Crippen molar-refractivity contribution in [3.8, 4) is 46.0 Å². The maximum atomic E-state index is 7.19. The number of hydrogen-bond acceptors (Lipinski definition) is 6. The minimum atomic E-state index is -0.151. The molecule has 9 aromatic rings. The first-order chi connectivity index (χ1) is 33.9. The Morgan fingerprint density at radius 3 is 1.41 bits per heavy atom. The highest BCUT2D eigenvalue weighted by atomic mass is 127. The van der Waals surface area contributed by atoms with Crippen LogP contribution in [0.2, 0.25) is 0 Å². The molecule has 4 aliphatic rings. The van der Waals surface area contributed by atoms with Crippen molar-refractivity contribution in [3.63, 3.8) is 0 Å². The minimum absolute atomic E-state index is 0.138. The fourth-order valence-electron chi connectivity index (χ4n) is 11.1. The molecular weight excluding hydrogens is 961 g/mol. The molecule has 0 atom stereocenters. The lowest BCUT2D eigenvalue weighted by Gasteiger charge is -2.44. The predicted octanol–water partition coefficient (Wildman–Crippen LogP) is 12.6.